The lowest BCUT2D eigenvalue weighted by atomic mass is 9.97. The Kier molecular flexibility index (Phi) is 5.57. The van der Waals surface area contributed by atoms with Crippen LogP contribution in [0, 0.1) is 0 Å². The Hall–Kier alpha value is -2.09. The van der Waals surface area contributed by atoms with Gasteiger partial charge in [-0.1, -0.05) is 12.1 Å². The zero-order valence-electron chi connectivity index (χ0n) is 14.2. The first kappa shape index (κ1) is 17.7. The number of amides is 1. The van der Waals surface area contributed by atoms with Crippen LogP contribution in [-0.2, 0) is 4.74 Å². The van der Waals surface area contributed by atoms with Crippen molar-refractivity contribution in [1.29, 1.82) is 0 Å². The molecule has 134 valence electrons. The highest BCUT2D eigenvalue weighted by Crippen LogP contribution is 2.36. The van der Waals surface area contributed by atoms with Crippen molar-refractivity contribution in [2.24, 2.45) is 0 Å². The highest BCUT2D eigenvalue weighted by atomic mass is 32.1. The van der Waals surface area contributed by atoms with Gasteiger partial charge in [-0.2, -0.15) is 0 Å². The van der Waals surface area contributed by atoms with Crippen molar-refractivity contribution in [2.45, 2.75) is 12.1 Å². The molecule has 1 fully saturated rings. The van der Waals surface area contributed by atoms with Crippen LogP contribution in [0.2, 0.25) is 0 Å². The summed E-state index contributed by atoms with van der Waals surface area (Å²) < 4.78 is 16.4. The first-order valence-electron chi connectivity index (χ1n) is 7.98. The van der Waals surface area contributed by atoms with Crippen LogP contribution in [0.3, 0.4) is 0 Å². The van der Waals surface area contributed by atoms with Crippen LogP contribution >= 0.6 is 11.3 Å². The van der Waals surface area contributed by atoms with Crippen molar-refractivity contribution in [3.8, 4) is 11.5 Å². The number of methoxy groups -OCH3 is 2. The second-order valence-electron chi connectivity index (χ2n) is 5.63. The number of ether oxygens (including phenoxy) is 3. The summed E-state index contributed by atoms with van der Waals surface area (Å²) in [5, 5.41) is 11.6. The number of morpholine rings is 1. The van der Waals surface area contributed by atoms with Gasteiger partial charge < -0.3 is 24.2 Å². The molecule has 1 aliphatic rings. The van der Waals surface area contributed by atoms with E-state index in [-0.39, 0.29) is 12.5 Å². The summed E-state index contributed by atoms with van der Waals surface area (Å²) in [5.74, 6) is 1.13. The molecule has 2 heterocycles. The van der Waals surface area contributed by atoms with Crippen molar-refractivity contribution >= 4 is 17.2 Å². The van der Waals surface area contributed by atoms with Gasteiger partial charge in [-0.3, -0.25) is 4.79 Å². The number of rotatable bonds is 5. The molecule has 2 unspecified atom stereocenters. The minimum Gasteiger partial charge on any atom is -0.493 e. The average Bonchev–Trinajstić information content (AvgIpc) is 3.20. The maximum atomic E-state index is 12.9. The molecule has 2 aromatic rings. The zero-order chi connectivity index (χ0) is 17.8. The molecule has 7 heteroatoms. The number of carbonyl (C=O) groups excluding carboxylic acids is 1. The van der Waals surface area contributed by atoms with Crippen LogP contribution in [0.4, 0.5) is 0 Å². The first-order chi connectivity index (χ1) is 12.2. The minimum absolute atomic E-state index is 0.0588. The Morgan fingerprint density at radius 3 is 2.76 bits per heavy atom. The topological polar surface area (TPSA) is 68.2 Å². The Labute approximate surface area is 150 Å². The molecule has 0 radical (unpaired) electrons. The Balaban J connectivity index is 1.99. The van der Waals surface area contributed by atoms with Crippen LogP contribution in [0.5, 0.6) is 11.5 Å². The normalized spacial score (nSPS) is 20.4. The Morgan fingerprint density at radius 1 is 1.32 bits per heavy atom. The molecule has 3 rings (SSSR count). The van der Waals surface area contributed by atoms with E-state index in [0.717, 1.165) is 5.56 Å². The number of carbonyl (C=O) groups is 1. The maximum Gasteiger partial charge on any atom is 0.264 e. The van der Waals surface area contributed by atoms with Gasteiger partial charge in [-0.25, -0.2) is 0 Å². The summed E-state index contributed by atoms with van der Waals surface area (Å²) in [5.41, 5.74) is 0.835. The monoisotopic (exact) mass is 363 g/mol. The lowest BCUT2D eigenvalue weighted by Gasteiger charge is -2.40. The van der Waals surface area contributed by atoms with Crippen LogP contribution < -0.4 is 9.47 Å². The van der Waals surface area contributed by atoms with Crippen molar-refractivity contribution < 1.29 is 24.1 Å². The predicted octanol–water partition coefficient (Wildman–Crippen LogP) is 2.34. The highest BCUT2D eigenvalue weighted by Gasteiger charge is 2.37. The fraction of sp³-hybridized carbons (Fsp3) is 0.389. The van der Waals surface area contributed by atoms with E-state index in [4.69, 9.17) is 14.2 Å². The van der Waals surface area contributed by atoms with E-state index in [2.05, 4.69) is 0 Å². The van der Waals surface area contributed by atoms with Crippen molar-refractivity contribution in [3.63, 3.8) is 0 Å². The third kappa shape index (κ3) is 3.49. The summed E-state index contributed by atoms with van der Waals surface area (Å²) >= 11 is 1.41. The van der Waals surface area contributed by atoms with Gasteiger partial charge in [0.2, 0.25) is 0 Å². The maximum absolute atomic E-state index is 12.9. The summed E-state index contributed by atoms with van der Waals surface area (Å²) in [7, 11) is 3.14. The zero-order valence-corrected chi connectivity index (χ0v) is 15.0. The molecule has 1 amide bonds. The van der Waals surface area contributed by atoms with Crippen molar-refractivity contribution in [2.75, 3.05) is 34.0 Å². The molecule has 1 aromatic carbocycles. The lowest BCUT2D eigenvalue weighted by Crippen LogP contribution is -2.49. The molecule has 6 nitrogen and oxygen atoms in total. The molecule has 25 heavy (non-hydrogen) atoms. The number of aliphatic hydroxyl groups is 1. The second-order valence-corrected chi connectivity index (χ2v) is 6.57. The molecule has 0 saturated carbocycles. The standard InChI is InChI=1S/C18H21NO5S/c1-22-13-6-5-12(10-14(13)23-2)17-15(11-20)24-8-7-19(17)18(21)16-4-3-9-25-16/h3-6,9-10,15,17,20H,7-8,11H2,1-2H3. The summed E-state index contributed by atoms with van der Waals surface area (Å²) in [6.45, 7) is 0.686. The lowest BCUT2D eigenvalue weighted by molar-refractivity contribution is -0.0810. The van der Waals surface area contributed by atoms with Gasteiger partial charge in [0.25, 0.3) is 5.91 Å². The summed E-state index contributed by atoms with van der Waals surface area (Å²) in [6, 6.07) is 8.77. The van der Waals surface area contributed by atoms with Gasteiger partial charge in [0, 0.05) is 6.54 Å². The van der Waals surface area contributed by atoms with E-state index in [0.29, 0.717) is 29.5 Å². The number of hydrogen-bond acceptors (Lipinski definition) is 6. The van der Waals surface area contributed by atoms with Gasteiger partial charge >= 0.3 is 0 Å². The number of benzene rings is 1. The molecule has 0 aliphatic carbocycles. The van der Waals surface area contributed by atoms with Gasteiger partial charge in [0.05, 0.1) is 38.4 Å². The largest absolute Gasteiger partial charge is 0.493 e. The molecule has 1 aliphatic heterocycles. The molecule has 1 aromatic heterocycles. The smallest absolute Gasteiger partial charge is 0.264 e. The predicted molar refractivity (Wildman–Crippen MR) is 94.5 cm³/mol. The number of nitrogens with zero attached hydrogens (tertiary/aromatic N) is 1. The van der Waals surface area contributed by atoms with Crippen molar-refractivity contribution in [3.05, 3.63) is 46.2 Å². The Morgan fingerprint density at radius 2 is 2.12 bits per heavy atom. The third-order valence-corrected chi connectivity index (χ3v) is 5.13. The van der Waals surface area contributed by atoms with E-state index in [1.807, 2.05) is 29.6 Å². The highest BCUT2D eigenvalue weighted by molar-refractivity contribution is 7.12. The SMILES string of the molecule is COc1ccc(C2C(CO)OCCN2C(=O)c2cccs2)cc1OC. The van der Waals surface area contributed by atoms with Crippen LogP contribution in [0.25, 0.3) is 0 Å². The Bertz CT molecular complexity index is 718. The number of thiophene rings is 1. The first-order valence-corrected chi connectivity index (χ1v) is 8.86. The molecule has 1 saturated heterocycles. The van der Waals surface area contributed by atoms with E-state index < -0.39 is 12.1 Å². The fourth-order valence-electron chi connectivity index (χ4n) is 3.09. The molecule has 0 bridgehead atoms. The summed E-state index contributed by atoms with van der Waals surface area (Å²) in [6.07, 6.45) is -0.490. The van der Waals surface area contributed by atoms with E-state index in [1.165, 1.54) is 11.3 Å². The molecule has 2 atom stereocenters. The molecule has 1 N–H and O–H groups in total. The van der Waals surface area contributed by atoms with Crippen LogP contribution in [0.1, 0.15) is 21.3 Å². The van der Waals surface area contributed by atoms with Gasteiger partial charge in [0.15, 0.2) is 11.5 Å². The molecular formula is C18H21NO5S. The van der Waals surface area contributed by atoms with Crippen molar-refractivity contribution in [1.82, 2.24) is 4.90 Å². The van der Waals surface area contributed by atoms with E-state index in [1.54, 1.807) is 25.2 Å². The van der Waals surface area contributed by atoms with Gasteiger partial charge in [-0.15, -0.1) is 11.3 Å². The molecule has 0 spiro atoms. The molecular weight excluding hydrogens is 342 g/mol. The number of hydrogen-bond donors (Lipinski definition) is 1. The second kappa shape index (κ2) is 7.86. The van der Waals surface area contributed by atoms with Gasteiger partial charge in [-0.05, 0) is 29.1 Å². The van der Waals surface area contributed by atoms with Gasteiger partial charge in [0.1, 0.15) is 6.10 Å². The van der Waals surface area contributed by atoms with Crippen LogP contribution in [0.15, 0.2) is 35.7 Å². The third-order valence-electron chi connectivity index (χ3n) is 4.27. The quantitative estimate of drug-likeness (QED) is 0.883. The minimum atomic E-state index is -0.490. The fourth-order valence-corrected chi connectivity index (χ4v) is 3.77. The van der Waals surface area contributed by atoms with E-state index in [9.17, 15) is 9.90 Å². The average molecular weight is 363 g/mol. The van der Waals surface area contributed by atoms with Crippen LogP contribution in [-0.4, -0.2) is 56.0 Å². The number of aliphatic hydroxyl groups excluding tert-OH is 1. The van der Waals surface area contributed by atoms with E-state index >= 15 is 0 Å². The summed E-state index contributed by atoms with van der Waals surface area (Å²) in [4.78, 5) is 15.4.